The maximum absolute atomic E-state index is 6.56. The van der Waals surface area contributed by atoms with Crippen LogP contribution in [0.5, 0.6) is 0 Å². The second-order valence-corrected chi connectivity index (χ2v) is 20.4. The monoisotopic (exact) mass is 350 g/mol. The molecule has 0 amide bonds. The summed E-state index contributed by atoms with van der Waals surface area (Å²) in [4.78, 5) is 2.24. The molecule has 0 atom stereocenters. The Morgan fingerprint density at radius 2 is 1.24 bits per heavy atom. The summed E-state index contributed by atoms with van der Waals surface area (Å²) < 4.78 is 13.1. The van der Waals surface area contributed by atoms with Crippen LogP contribution in [0.1, 0.15) is 12.8 Å². The van der Waals surface area contributed by atoms with E-state index in [1.54, 1.807) is 0 Å². The van der Waals surface area contributed by atoms with Crippen LogP contribution in [0.4, 0.5) is 0 Å². The lowest BCUT2D eigenvalue weighted by molar-refractivity contribution is 0.378. The highest BCUT2D eigenvalue weighted by Gasteiger charge is 2.39. The Bertz CT molecular complexity index is 298. The Morgan fingerprint density at radius 1 is 0.810 bits per heavy atom. The van der Waals surface area contributed by atoms with Crippen molar-refractivity contribution in [3.63, 3.8) is 0 Å². The minimum Gasteiger partial charge on any atom is -0.437 e. The molecule has 0 aliphatic rings. The Labute approximate surface area is 135 Å². The van der Waals surface area contributed by atoms with Crippen molar-refractivity contribution in [3.05, 3.63) is 0 Å². The van der Waals surface area contributed by atoms with E-state index in [-0.39, 0.29) is 0 Å². The molecule has 0 radical (unpaired) electrons. The summed E-state index contributed by atoms with van der Waals surface area (Å²) in [5.41, 5.74) is 5.63. The van der Waals surface area contributed by atoms with Crippen LogP contribution in [0.2, 0.25) is 51.4 Å². The van der Waals surface area contributed by atoms with Crippen molar-refractivity contribution in [2.75, 3.05) is 27.2 Å². The Balaban J connectivity index is 4.42. The van der Waals surface area contributed by atoms with Gasteiger partial charge in [0, 0.05) is 0 Å². The van der Waals surface area contributed by atoms with Gasteiger partial charge in [0.25, 0.3) is 0 Å². The van der Waals surface area contributed by atoms with Crippen LogP contribution in [0.25, 0.3) is 0 Å². The first-order valence-corrected chi connectivity index (χ1v) is 17.2. The second kappa shape index (κ2) is 8.95. The van der Waals surface area contributed by atoms with Gasteiger partial charge in [-0.15, -0.1) is 0 Å². The fraction of sp³-hybridized carbons (Fsp3) is 1.00. The van der Waals surface area contributed by atoms with Crippen LogP contribution in [0, 0.1) is 0 Å². The maximum atomic E-state index is 6.56. The predicted molar refractivity (Wildman–Crippen MR) is 101 cm³/mol. The number of nitrogens with two attached hydrogens (primary N) is 1. The van der Waals surface area contributed by atoms with Crippen LogP contribution < -0.4 is 5.73 Å². The molecule has 0 aromatic carbocycles. The molecule has 2 N–H and O–H groups in total. The van der Waals surface area contributed by atoms with E-state index in [1.807, 2.05) is 0 Å². The van der Waals surface area contributed by atoms with Gasteiger partial charge in [-0.25, -0.2) is 0 Å². The molecule has 0 bridgehead atoms. The van der Waals surface area contributed by atoms with E-state index in [0.717, 1.165) is 25.6 Å². The minimum absolute atomic E-state index is 0.757. The number of nitrogens with zero attached hydrogens (tertiary/aromatic N) is 1. The van der Waals surface area contributed by atoms with Crippen molar-refractivity contribution >= 4 is 25.2 Å². The second-order valence-electron chi connectivity index (χ2n) is 7.92. The van der Waals surface area contributed by atoms with E-state index in [1.165, 1.54) is 12.5 Å². The Hall–Kier alpha value is 0.491. The molecule has 4 nitrogen and oxygen atoms in total. The van der Waals surface area contributed by atoms with Gasteiger partial charge in [0.15, 0.2) is 16.6 Å². The summed E-state index contributed by atoms with van der Waals surface area (Å²) in [6, 6.07) is 2.33. The summed E-state index contributed by atoms with van der Waals surface area (Å²) in [6.45, 7) is 15.6. The van der Waals surface area contributed by atoms with Gasteiger partial charge >= 0.3 is 8.56 Å². The third-order valence-corrected chi connectivity index (χ3v) is 14.9. The molecule has 0 fully saturated rings. The fourth-order valence-corrected chi connectivity index (χ4v) is 16.9. The Morgan fingerprint density at radius 3 is 1.62 bits per heavy atom. The van der Waals surface area contributed by atoms with Gasteiger partial charge in [-0.3, -0.25) is 0 Å². The van der Waals surface area contributed by atoms with Gasteiger partial charge in [-0.1, -0.05) is 0 Å². The molecule has 128 valence electrons. The van der Waals surface area contributed by atoms with Gasteiger partial charge in [-0.2, -0.15) is 0 Å². The first-order chi connectivity index (χ1) is 9.39. The molecule has 0 aromatic heterocycles. The van der Waals surface area contributed by atoms with Crippen LogP contribution in [-0.4, -0.2) is 57.3 Å². The zero-order valence-corrected chi connectivity index (χ0v) is 18.6. The maximum Gasteiger partial charge on any atom is 0.311 e. The molecule has 0 unspecified atom stereocenters. The van der Waals surface area contributed by atoms with Gasteiger partial charge in [0.05, 0.1) is 0 Å². The largest absolute Gasteiger partial charge is 0.437 e. The van der Waals surface area contributed by atoms with E-state index in [4.69, 9.17) is 14.0 Å². The van der Waals surface area contributed by atoms with E-state index in [9.17, 15) is 0 Å². The van der Waals surface area contributed by atoms with Crippen molar-refractivity contribution in [3.8, 4) is 0 Å². The van der Waals surface area contributed by atoms with Gasteiger partial charge in [-0.05, 0) is 91.4 Å². The highest BCUT2D eigenvalue weighted by Crippen LogP contribution is 2.25. The zero-order valence-electron chi connectivity index (χ0n) is 15.6. The molecule has 0 saturated carbocycles. The van der Waals surface area contributed by atoms with E-state index in [2.05, 4.69) is 58.3 Å². The molecule has 0 rings (SSSR count). The molecule has 7 heteroatoms. The van der Waals surface area contributed by atoms with Crippen LogP contribution >= 0.6 is 0 Å². The molecule has 21 heavy (non-hydrogen) atoms. The van der Waals surface area contributed by atoms with E-state index in [0.29, 0.717) is 0 Å². The van der Waals surface area contributed by atoms with Crippen molar-refractivity contribution in [1.82, 2.24) is 4.90 Å². The molecule has 0 spiro atoms. The minimum atomic E-state index is -2.03. The van der Waals surface area contributed by atoms with Crippen LogP contribution in [0.15, 0.2) is 0 Å². The molecular weight excluding hydrogens is 312 g/mol. The summed E-state index contributed by atoms with van der Waals surface area (Å²) >= 11 is 0. The SMILES string of the molecule is CN(C)CCC[Si](C)(C)O[Si](C)(C)O[Si](C)(C)CCCN. The molecular formula is C14H38N2O2Si3. The molecule has 0 aromatic rings. The average molecular weight is 351 g/mol. The Kier molecular flexibility index (Phi) is 9.16. The molecule has 0 heterocycles. The lowest BCUT2D eigenvalue weighted by Crippen LogP contribution is -2.52. The van der Waals surface area contributed by atoms with Gasteiger partial charge in [0.1, 0.15) is 0 Å². The van der Waals surface area contributed by atoms with Crippen LogP contribution in [0.3, 0.4) is 0 Å². The zero-order chi connectivity index (χ0) is 16.7. The predicted octanol–water partition coefficient (Wildman–Crippen LogP) is 3.43. The lowest BCUT2D eigenvalue weighted by atomic mass is 10.5. The van der Waals surface area contributed by atoms with Crippen LogP contribution in [-0.2, 0) is 8.23 Å². The lowest BCUT2D eigenvalue weighted by Gasteiger charge is -2.39. The summed E-state index contributed by atoms with van der Waals surface area (Å²) in [6.07, 6.45) is 2.28. The quantitative estimate of drug-likeness (QED) is 0.580. The molecule has 0 saturated heterocycles. The highest BCUT2D eigenvalue weighted by molar-refractivity contribution is 6.87. The summed E-state index contributed by atoms with van der Waals surface area (Å²) in [7, 11) is -1.04. The molecule has 0 aliphatic carbocycles. The first kappa shape index (κ1) is 21.5. The van der Waals surface area contributed by atoms with E-state index < -0.39 is 25.2 Å². The van der Waals surface area contributed by atoms with Crippen molar-refractivity contribution in [2.45, 2.75) is 64.2 Å². The summed E-state index contributed by atoms with van der Waals surface area (Å²) in [5.74, 6) is 0. The third-order valence-electron chi connectivity index (χ3n) is 3.41. The average Bonchev–Trinajstić information content (AvgIpc) is 2.22. The number of rotatable bonds is 11. The normalized spacial score (nSPS) is 14.0. The van der Waals surface area contributed by atoms with Crippen molar-refractivity contribution in [1.29, 1.82) is 0 Å². The standard InChI is InChI=1S/C14H38N2O2Si3/c1-16(2)12-10-14-20(5,6)18-21(7,8)17-19(3,4)13-9-11-15/h9-15H2,1-8H3. The van der Waals surface area contributed by atoms with Gasteiger partial charge in [0.2, 0.25) is 0 Å². The smallest absolute Gasteiger partial charge is 0.311 e. The van der Waals surface area contributed by atoms with Gasteiger partial charge < -0.3 is 18.9 Å². The topological polar surface area (TPSA) is 47.7 Å². The highest BCUT2D eigenvalue weighted by atomic mass is 28.5. The number of hydrogen-bond acceptors (Lipinski definition) is 4. The third kappa shape index (κ3) is 11.7. The first-order valence-electron chi connectivity index (χ1n) is 8.14. The summed E-state index contributed by atoms with van der Waals surface area (Å²) in [5, 5.41) is 0. The fourth-order valence-electron chi connectivity index (χ4n) is 2.80. The molecule has 0 aliphatic heterocycles. The van der Waals surface area contributed by atoms with Crippen molar-refractivity contribution in [2.24, 2.45) is 5.73 Å². The number of hydrogen-bond donors (Lipinski definition) is 1. The van der Waals surface area contributed by atoms with E-state index >= 15 is 0 Å². The van der Waals surface area contributed by atoms with Crippen molar-refractivity contribution < 1.29 is 8.23 Å².